The van der Waals surface area contributed by atoms with Gasteiger partial charge in [-0.3, -0.25) is 0 Å². The van der Waals surface area contributed by atoms with E-state index in [2.05, 4.69) is 4.98 Å². The highest BCUT2D eigenvalue weighted by atomic mass is 35.5. The number of pyridine rings is 1. The van der Waals surface area contributed by atoms with Crippen molar-refractivity contribution in [3.8, 4) is 0 Å². The molecule has 2 rings (SSSR count). The maximum Gasteiger partial charge on any atom is 0.173 e. The minimum absolute atomic E-state index is 0.00713. The Morgan fingerprint density at radius 2 is 2.00 bits per heavy atom. The zero-order valence-electron chi connectivity index (χ0n) is 6.72. The highest BCUT2D eigenvalue weighted by Gasteiger charge is 2.12. The molecular weight excluding hydrogens is 233 g/mol. The van der Waals surface area contributed by atoms with Crippen molar-refractivity contribution >= 4 is 28.8 Å². The molecule has 0 saturated heterocycles. The van der Waals surface area contributed by atoms with E-state index in [4.69, 9.17) is 23.2 Å². The molecule has 0 aliphatic carbocycles. The first-order valence-electron chi connectivity index (χ1n) is 3.69. The zero-order valence-corrected chi connectivity index (χ0v) is 8.23. The number of rotatable bonds is 1. The Bertz CT molecular complexity index is 481. The first-order valence-corrected chi connectivity index (χ1v) is 4.57. The SMILES string of the molecule is Fc1cc(F)c2nc(C(Cl)Cl)cn2c1. The summed E-state index contributed by atoms with van der Waals surface area (Å²) in [4.78, 5) is 2.96. The number of nitrogens with zero attached hydrogens (tertiary/aromatic N) is 2. The van der Waals surface area contributed by atoms with E-state index < -0.39 is 16.5 Å². The van der Waals surface area contributed by atoms with Crippen LogP contribution in [0.2, 0.25) is 0 Å². The molecule has 0 saturated carbocycles. The first kappa shape index (κ1) is 9.68. The lowest BCUT2D eigenvalue weighted by molar-refractivity contribution is 0.576. The summed E-state index contributed by atoms with van der Waals surface area (Å²) in [5.41, 5.74) is 0.297. The zero-order chi connectivity index (χ0) is 10.3. The molecule has 0 N–H and O–H groups in total. The largest absolute Gasteiger partial charge is 0.301 e. The van der Waals surface area contributed by atoms with Crippen molar-refractivity contribution in [1.29, 1.82) is 0 Å². The van der Waals surface area contributed by atoms with Crippen LogP contribution in [0, 0.1) is 11.6 Å². The van der Waals surface area contributed by atoms with Crippen LogP contribution in [0.15, 0.2) is 18.5 Å². The lowest BCUT2D eigenvalue weighted by atomic mass is 10.4. The Morgan fingerprint density at radius 1 is 1.29 bits per heavy atom. The molecule has 2 aromatic heterocycles. The van der Waals surface area contributed by atoms with E-state index in [0.29, 0.717) is 0 Å². The van der Waals surface area contributed by atoms with E-state index in [-0.39, 0.29) is 11.3 Å². The van der Waals surface area contributed by atoms with Gasteiger partial charge in [-0.05, 0) is 0 Å². The monoisotopic (exact) mass is 236 g/mol. The van der Waals surface area contributed by atoms with Crippen LogP contribution in [0.5, 0.6) is 0 Å². The molecule has 0 bridgehead atoms. The molecule has 14 heavy (non-hydrogen) atoms. The number of fused-ring (bicyclic) bond motifs is 1. The average Bonchev–Trinajstić information content (AvgIpc) is 2.47. The van der Waals surface area contributed by atoms with Gasteiger partial charge in [0.15, 0.2) is 16.3 Å². The van der Waals surface area contributed by atoms with Gasteiger partial charge in [0.2, 0.25) is 0 Å². The second kappa shape index (κ2) is 3.37. The summed E-state index contributed by atoms with van der Waals surface area (Å²) < 4.78 is 27.1. The minimum atomic E-state index is -0.850. The second-order valence-electron chi connectivity index (χ2n) is 2.70. The molecule has 0 spiro atoms. The fourth-order valence-corrected chi connectivity index (χ4v) is 1.36. The van der Waals surface area contributed by atoms with Crippen molar-refractivity contribution in [3.05, 3.63) is 35.8 Å². The van der Waals surface area contributed by atoms with Crippen LogP contribution >= 0.6 is 23.2 Å². The number of aromatic nitrogens is 2. The van der Waals surface area contributed by atoms with Gasteiger partial charge >= 0.3 is 0 Å². The summed E-state index contributed by atoms with van der Waals surface area (Å²) in [7, 11) is 0. The normalized spacial score (nSPS) is 11.5. The Morgan fingerprint density at radius 3 is 2.64 bits per heavy atom. The minimum Gasteiger partial charge on any atom is -0.301 e. The molecule has 2 heterocycles. The molecule has 0 amide bonds. The van der Waals surface area contributed by atoms with Crippen LogP contribution in [0.1, 0.15) is 10.5 Å². The Balaban J connectivity index is 2.70. The molecule has 0 aromatic carbocycles. The fraction of sp³-hybridized carbons (Fsp3) is 0.125. The van der Waals surface area contributed by atoms with E-state index in [1.54, 1.807) is 0 Å². The van der Waals surface area contributed by atoms with E-state index in [1.165, 1.54) is 10.6 Å². The van der Waals surface area contributed by atoms with Crippen molar-refractivity contribution in [1.82, 2.24) is 9.38 Å². The first-order chi connectivity index (χ1) is 6.58. The smallest absolute Gasteiger partial charge is 0.173 e. The molecular formula is C8H4Cl2F2N2. The second-order valence-corrected chi connectivity index (χ2v) is 3.80. The molecule has 2 aromatic rings. The molecule has 0 fully saturated rings. The standard InChI is InChI=1S/C8H4Cl2F2N2/c9-7(10)6-3-14-2-4(11)1-5(12)8(14)13-6/h1-3,7H. The molecule has 0 aliphatic rings. The molecule has 0 unspecified atom stereocenters. The van der Waals surface area contributed by atoms with Crippen LogP contribution in [0.25, 0.3) is 5.65 Å². The Labute approximate surface area is 88.1 Å². The topological polar surface area (TPSA) is 17.3 Å². The molecule has 0 atom stereocenters. The van der Waals surface area contributed by atoms with Gasteiger partial charge in [-0.15, -0.1) is 0 Å². The van der Waals surface area contributed by atoms with Crippen molar-refractivity contribution in [2.45, 2.75) is 4.84 Å². The maximum atomic E-state index is 13.1. The Kier molecular flexibility index (Phi) is 2.33. The number of alkyl halides is 2. The van der Waals surface area contributed by atoms with Crippen LogP contribution in [-0.2, 0) is 0 Å². The quantitative estimate of drug-likeness (QED) is 0.696. The van der Waals surface area contributed by atoms with Gasteiger partial charge in [0, 0.05) is 18.5 Å². The average molecular weight is 237 g/mol. The summed E-state index contributed by atoms with van der Waals surface area (Å²) in [6, 6.07) is 0.754. The van der Waals surface area contributed by atoms with E-state index in [9.17, 15) is 8.78 Å². The van der Waals surface area contributed by atoms with Gasteiger partial charge in [0.1, 0.15) is 5.82 Å². The summed E-state index contributed by atoms with van der Waals surface area (Å²) in [5, 5.41) is 0. The summed E-state index contributed by atoms with van der Waals surface area (Å²) in [5.74, 6) is -1.43. The summed E-state index contributed by atoms with van der Waals surface area (Å²) in [6.07, 6.45) is 2.48. The Hall–Kier alpha value is -0.870. The third kappa shape index (κ3) is 1.55. The van der Waals surface area contributed by atoms with Gasteiger partial charge in [-0.2, -0.15) is 0 Å². The molecule has 74 valence electrons. The number of imidazole rings is 1. The molecule has 0 aliphatic heterocycles. The van der Waals surface area contributed by atoms with Gasteiger partial charge in [-0.25, -0.2) is 13.8 Å². The van der Waals surface area contributed by atoms with Crippen molar-refractivity contribution in [2.24, 2.45) is 0 Å². The lowest BCUT2D eigenvalue weighted by Gasteiger charge is -1.93. The van der Waals surface area contributed by atoms with Crippen LogP contribution in [0.3, 0.4) is 0 Å². The van der Waals surface area contributed by atoms with Gasteiger partial charge in [-0.1, -0.05) is 23.2 Å². The van der Waals surface area contributed by atoms with Crippen molar-refractivity contribution in [3.63, 3.8) is 0 Å². The maximum absolute atomic E-state index is 13.1. The van der Waals surface area contributed by atoms with Crippen molar-refractivity contribution < 1.29 is 8.78 Å². The van der Waals surface area contributed by atoms with Gasteiger partial charge in [0.05, 0.1) is 5.69 Å². The molecule has 2 nitrogen and oxygen atoms in total. The predicted octanol–water partition coefficient (Wildman–Crippen LogP) is 3.09. The summed E-state index contributed by atoms with van der Waals surface area (Å²) >= 11 is 11.1. The summed E-state index contributed by atoms with van der Waals surface area (Å²) in [6.45, 7) is 0. The van der Waals surface area contributed by atoms with Crippen LogP contribution < -0.4 is 0 Å². The third-order valence-electron chi connectivity index (χ3n) is 1.72. The molecule has 0 radical (unpaired) electrons. The van der Waals surface area contributed by atoms with E-state index >= 15 is 0 Å². The molecule has 6 heteroatoms. The number of hydrogen-bond acceptors (Lipinski definition) is 1. The van der Waals surface area contributed by atoms with Crippen LogP contribution in [-0.4, -0.2) is 9.38 Å². The highest BCUT2D eigenvalue weighted by molar-refractivity contribution is 6.43. The predicted molar refractivity (Wildman–Crippen MR) is 49.6 cm³/mol. The highest BCUT2D eigenvalue weighted by Crippen LogP contribution is 2.24. The number of hydrogen-bond donors (Lipinski definition) is 0. The third-order valence-corrected chi connectivity index (χ3v) is 2.16. The van der Waals surface area contributed by atoms with Gasteiger partial charge < -0.3 is 4.40 Å². The van der Waals surface area contributed by atoms with Crippen LogP contribution in [0.4, 0.5) is 8.78 Å². The van der Waals surface area contributed by atoms with Crippen molar-refractivity contribution in [2.75, 3.05) is 0 Å². The van der Waals surface area contributed by atoms with Gasteiger partial charge in [0.25, 0.3) is 0 Å². The number of halogens is 4. The lowest BCUT2D eigenvalue weighted by Crippen LogP contribution is -1.89. The fourth-order valence-electron chi connectivity index (χ4n) is 1.15. The van der Waals surface area contributed by atoms with E-state index in [0.717, 1.165) is 12.3 Å². The van der Waals surface area contributed by atoms with E-state index in [1.807, 2.05) is 0 Å².